The second-order valence-corrected chi connectivity index (χ2v) is 11.3. The van der Waals surface area contributed by atoms with Crippen LogP contribution in [0, 0.1) is 23.7 Å². The highest BCUT2D eigenvalue weighted by molar-refractivity contribution is 6.25. The molecule has 10 heteroatoms. The smallest absolute Gasteiger partial charge is 0.335 e. The molecule has 0 saturated carbocycles. The van der Waals surface area contributed by atoms with Gasteiger partial charge in [0.1, 0.15) is 0 Å². The van der Waals surface area contributed by atoms with E-state index in [0.717, 1.165) is 10.5 Å². The fourth-order valence-corrected chi connectivity index (χ4v) is 6.91. The molecule has 4 unspecified atom stereocenters. The maximum Gasteiger partial charge on any atom is 0.335 e. The number of ketones is 2. The predicted octanol–water partition coefficient (Wildman–Crippen LogP) is 4.29. The predicted molar refractivity (Wildman–Crippen MR) is 158 cm³/mol. The van der Waals surface area contributed by atoms with E-state index in [4.69, 9.17) is 9.47 Å². The molecule has 44 heavy (non-hydrogen) atoms. The van der Waals surface area contributed by atoms with Crippen LogP contribution < -0.4 is 14.4 Å². The molecule has 0 aromatic heterocycles. The summed E-state index contributed by atoms with van der Waals surface area (Å²) in [5.74, 6) is -5.04. The summed E-state index contributed by atoms with van der Waals surface area (Å²) in [5.41, 5.74) is 2.50. The van der Waals surface area contributed by atoms with Crippen LogP contribution in [0.2, 0.25) is 0 Å². The summed E-state index contributed by atoms with van der Waals surface area (Å²) < 4.78 is 10.5. The first-order valence-corrected chi connectivity index (χ1v) is 14.1. The number of anilines is 1. The van der Waals surface area contributed by atoms with Crippen LogP contribution in [0.1, 0.15) is 35.7 Å². The SMILES string of the molecule is COc1cc(C=CC2C3=CCC4C(=O)N(c5cccc(C(=O)O)c5)C(=O)C4C3CC3=C2C(=O)C=C(C)C3=O)cc(OC)c1O. The van der Waals surface area contributed by atoms with Gasteiger partial charge in [-0.3, -0.25) is 24.1 Å². The number of rotatable bonds is 6. The van der Waals surface area contributed by atoms with Crippen LogP contribution in [0.25, 0.3) is 6.08 Å². The number of imide groups is 1. The van der Waals surface area contributed by atoms with E-state index in [1.807, 2.05) is 6.08 Å². The monoisotopic (exact) mass is 595 g/mol. The third-order valence-electron chi connectivity index (χ3n) is 8.94. The van der Waals surface area contributed by atoms with Crippen molar-refractivity contribution in [2.75, 3.05) is 19.1 Å². The number of phenols is 1. The fourth-order valence-electron chi connectivity index (χ4n) is 6.91. The van der Waals surface area contributed by atoms with E-state index in [-0.39, 0.29) is 52.9 Å². The van der Waals surface area contributed by atoms with Crippen LogP contribution in [0.5, 0.6) is 17.2 Å². The van der Waals surface area contributed by atoms with Crippen molar-refractivity contribution in [1.29, 1.82) is 0 Å². The number of nitrogens with zero attached hydrogens (tertiary/aromatic N) is 1. The Bertz CT molecular complexity index is 1770. The van der Waals surface area contributed by atoms with Crippen molar-refractivity contribution >= 4 is 41.1 Å². The number of hydrogen-bond acceptors (Lipinski definition) is 8. The van der Waals surface area contributed by atoms with Crippen molar-refractivity contribution in [1.82, 2.24) is 0 Å². The van der Waals surface area contributed by atoms with Gasteiger partial charge in [-0.05, 0) is 67.7 Å². The number of phenolic OH excluding ortho intramolecular Hbond substituents is 1. The number of carbonyl (C=O) groups is 5. The first-order chi connectivity index (χ1) is 21.0. The molecule has 0 radical (unpaired) electrons. The maximum absolute atomic E-state index is 14.0. The zero-order chi connectivity index (χ0) is 31.4. The van der Waals surface area contributed by atoms with E-state index >= 15 is 0 Å². The Hall–Kier alpha value is -5.25. The van der Waals surface area contributed by atoms with E-state index in [1.54, 1.807) is 31.2 Å². The molecule has 1 heterocycles. The second kappa shape index (κ2) is 10.8. The lowest BCUT2D eigenvalue weighted by molar-refractivity contribution is -0.123. The summed E-state index contributed by atoms with van der Waals surface area (Å²) in [4.78, 5) is 67.1. The summed E-state index contributed by atoms with van der Waals surface area (Å²) >= 11 is 0. The van der Waals surface area contributed by atoms with Gasteiger partial charge in [-0.25, -0.2) is 4.79 Å². The second-order valence-electron chi connectivity index (χ2n) is 11.3. The van der Waals surface area contributed by atoms with Gasteiger partial charge >= 0.3 is 5.97 Å². The van der Waals surface area contributed by atoms with Crippen molar-refractivity contribution in [2.24, 2.45) is 23.7 Å². The molecule has 6 rings (SSSR count). The summed E-state index contributed by atoms with van der Waals surface area (Å²) in [6.07, 6.45) is 7.14. The number of ether oxygens (including phenoxy) is 2. The molecule has 1 saturated heterocycles. The molecular formula is C34H29NO9. The lowest BCUT2D eigenvalue weighted by Crippen LogP contribution is -2.40. The van der Waals surface area contributed by atoms with Gasteiger partial charge in [-0.15, -0.1) is 0 Å². The van der Waals surface area contributed by atoms with Gasteiger partial charge in [0, 0.05) is 22.6 Å². The van der Waals surface area contributed by atoms with Gasteiger partial charge in [-0.1, -0.05) is 29.9 Å². The fraction of sp³-hybridized carbons (Fsp3) is 0.265. The molecule has 2 aromatic rings. The topological polar surface area (TPSA) is 148 Å². The van der Waals surface area contributed by atoms with Gasteiger partial charge in [0.25, 0.3) is 0 Å². The number of carbonyl (C=O) groups excluding carboxylic acids is 4. The first-order valence-electron chi connectivity index (χ1n) is 14.1. The number of fused-ring (bicyclic) bond motifs is 3. The van der Waals surface area contributed by atoms with E-state index in [0.29, 0.717) is 22.3 Å². The van der Waals surface area contributed by atoms with Crippen molar-refractivity contribution in [3.8, 4) is 17.2 Å². The number of methoxy groups -OCH3 is 2. The Labute approximate surface area is 252 Å². The lowest BCUT2D eigenvalue weighted by atomic mass is 9.60. The molecule has 2 amide bonds. The third kappa shape index (κ3) is 4.45. The van der Waals surface area contributed by atoms with Crippen LogP contribution in [0.15, 0.2) is 76.9 Å². The number of allylic oxidation sites excluding steroid dienone is 7. The Balaban J connectivity index is 1.43. The number of benzene rings is 2. The van der Waals surface area contributed by atoms with Gasteiger partial charge in [0.2, 0.25) is 17.6 Å². The van der Waals surface area contributed by atoms with Crippen molar-refractivity contribution in [3.05, 3.63) is 88.0 Å². The number of carboxylic acid groups (broad SMARTS) is 1. The molecular weight excluding hydrogens is 566 g/mol. The highest BCUT2D eigenvalue weighted by atomic mass is 16.5. The van der Waals surface area contributed by atoms with Gasteiger partial charge in [0.15, 0.2) is 23.1 Å². The van der Waals surface area contributed by atoms with Crippen LogP contribution >= 0.6 is 0 Å². The number of amides is 2. The molecule has 3 aliphatic carbocycles. The van der Waals surface area contributed by atoms with Crippen molar-refractivity contribution < 1.29 is 43.7 Å². The van der Waals surface area contributed by atoms with Gasteiger partial charge < -0.3 is 19.7 Å². The van der Waals surface area contributed by atoms with E-state index in [9.17, 15) is 34.2 Å². The average molecular weight is 596 g/mol. The number of carboxylic acids is 1. The van der Waals surface area contributed by atoms with Gasteiger partial charge in [0.05, 0.1) is 37.3 Å². The molecule has 1 fully saturated rings. The highest BCUT2D eigenvalue weighted by Crippen LogP contribution is 2.53. The van der Waals surface area contributed by atoms with E-state index in [2.05, 4.69) is 0 Å². The van der Waals surface area contributed by atoms with Crippen LogP contribution in [-0.4, -0.2) is 53.8 Å². The zero-order valence-corrected chi connectivity index (χ0v) is 24.2. The largest absolute Gasteiger partial charge is 0.502 e. The zero-order valence-electron chi connectivity index (χ0n) is 24.2. The first kappa shape index (κ1) is 28.9. The molecule has 10 nitrogen and oxygen atoms in total. The number of Topliss-reactive ketones (excluding diaryl/α,β-unsaturated/α-hetero) is 1. The van der Waals surface area contributed by atoms with Crippen LogP contribution in [0.3, 0.4) is 0 Å². The average Bonchev–Trinajstić information content (AvgIpc) is 3.27. The standard InChI is InChI=1S/C34H29NO9/c1-16-11-25(36)28-21(8-7-17-12-26(43-2)31(38)27(13-17)44-3)20-9-10-22-29(23(20)15-24(28)30(16)37)33(40)35(32(22)39)19-6-4-5-18(14-19)34(41)42/h4-9,11-14,21-23,29,38H,10,15H2,1-3H3,(H,41,42). The van der Waals surface area contributed by atoms with E-state index in [1.165, 1.54) is 44.6 Å². The lowest BCUT2D eigenvalue weighted by Gasteiger charge is -2.41. The maximum atomic E-state index is 14.0. The summed E-state index contributed by atoms with van der Waals surface area (Å²) in [6.45, 7) is 1.58. The minimum absolute atomic E-state index is 0.0504. The molecule has 2 N–H and O–H groups in total. The normalized spacial score (nSPS) is 24.6. The third-order valence-corrected chi connectivity index (χ3v) is 8.94. The Kier molecular flexibility index (Phi) is 7.07. The number of aromatic hydroxyl groups is 1. The van der Waals surface area contributed by atoms with Crippen molar-refractivity contribution in [2.45, 2.75) is 19.8 Å². The molecule has 0 spiro atoms. The molecule has 4 aliphatic rings. The van der Waals surface area contributed by atoms with E-state index < -0.39 is 41.5 Å². The van der Waals surface area contributed by atoms with Crippen LogP contribution in [0.4, 0.5) is 5.69 Å². The van der Waals surface area contributed by atoms with Crippen molar-refractivity contribution in [3.63, 3.8) is 0 Å². The van der Waals surface area contributed by atoms with Crippen LogP contribution in [-0.2, 0) is 19.2 Å². The molecule has 2 aromatic carbocycles. The van der Waals surface area contributed by atoms with Gasteiger partial charge in [-0.2, -0.15) is 0 Å². The Morgan fingerprint density at radius 3 is 2.36 bits per heavy atom. The minimum atomic E-state index is -1.18. The number of hydrogen-bond donors (Lipinski definition) is 2. The Morgan fingerprint density at radius 2 is 1.70 bits per heavy atom. The quantitative estimate of drug-likeness (QED) is 0.284. The summed E-state index contributed by atoms with van der Waals surface area (Å²) in [7, 11) is 2.83. The molecule has 0 bridgehead atoms. The minimum Gasteiger partial charge on any atom is -0.502 e. The summed E-state index contributed by atoms with van der Waals surface area (Å²) in [5, 5.41) is 19.8. The Morgan fingerprint density at radius 1 is 1.00 bits per heavy atom. The highest BCUT2D eigenvalue weighted by Gasteiger charge is 2.56. The number of aromatic carboxylic acids is 1. The molecule has 1 aliphatic heterocycles. The summed E-state index contributed by atoms with van der Waals surface area (Å²) in [6, 6.07) is 8.91. The molecule has 4 atom stereocenters. The molecule has 224 valence electrons.